The lowest BCUT2D eigenvalue weighted by Crippen LogP contribution is -2.44. The summed E-state index contributed by atoms with van der Waals surface area (Å²) in [5.74, 6) is 0.754. The molecule has 2 rings (SSSR count). The molecule has 5 nitrogen and oxygen atoms in total. The maximum absolute atomic E-state index is 11.8. The van der Waals surface area contributed by atoms with Crippen molar-refractivity contribution in [3.63, 3.8) is 0 Å². The highest BCUT2D eigenvalue weighted by atomic mass is 16.5. The van der Waals surface area contributed by atoms with Gasteiger partial charge in [-0.25, -0.2) is 4.98 Å². The Kier molecular flexibility index (Phi) is 3.47. The van der Waals surface area contributed by atoms with Crippen molar-refractivity contribution in [1.29, 1.82) is 0 Å². The molecule has 0 spiro atoms. The summed E-state index contributed by atoms with van der Waals surface area (Å²) in [7, 11) is 1.77. The summed E-state index contributed by atoms with van der Waals surface area (Å²) in [4.78, 5) is 18.5. The first-order valence-corrected chi connectivity index (χ1v) is 6.05. The SMILES string of the molecule is CCc1cc(=O)n(C)c(N2CCOC(C)C2)n1. The quantitative estimate of drug-likeness (QED) is 0.754. The third kappa shape index (κ3) is 2.49. The van der Waals surface area contributed by atoms with Gasteiger partial charge in [-0.2, -0.15) is 0 Å². The van der Waals surface area contributed by atoms with Crippen LogP contribution in [0.2, 0.25) is 0 Å². The van der Waals surface area contributed by atoms with Gasteiger partial charge in [0.05, 0.1) is 12.7 Å². The molecular weight excluding hydrogens is 218 g/mol. The Morgan fingerprint density at radius 3 is 3.00 bits per heavy atom. The second-order valence-electron chi connectivity index (χ2n) is 4.43. The van der Waals surface area contributed by atoms with E-state index >= 15 is 0 Å². The molecule has 0 bridgehead atoms. The molecule has 0 radical (unpaired) electrons. The molecule has 0 aliphatic carbocycles. The maximum Gasteiger partial charge on any atom is 0.254 e. The van der Waals surface area contributed by atoms with Gasteiger partial charge in [0.15, 0.2) is 0 Å². The molecule has 94 valence electrons. The number of ether oxygens (including phenoxy) is 1. The van der Waals surface area contributed by atoms with Crippen LogP contribution in [0.25, 0.3) is 0 Å². The van der Waals surface area contributed by atoms with E-state index in [1.165, 1.54) is 0 Å². The minimum Gasteiger partial charge on any atom is -0.375 e. The monoisotopic (exact) mass is 237 g/mol. The number of morpholine rings is 1. The lowest BCUT2D eigenvalue weighted by molar-refractivity contribution is 0.0523. The zero-order valence-electron chi connectivity index (χ0n) is 10.6. The Morgan fingerprint density at radius 2 is 2.35 bits per heavy atom. The van der Waals surface area contributed by atoms with Crippen molar-refractivity contribution in [1.82, 2.24) is 9.55 Å². The van der Waals surface area contributed by atoms with Crippen LogP contribution in [0.15, 0.2) is 10.9 Å². The van der Waals surface area contributed by atoms with Crippen molar-refractivity contribution < 1.29 is 4.74 Å². The second kappa shape index (κ2) is 4.87. The van der Waals surface area contributed by atoms with Crippen LogP contribution in [0.5, 0.6) is 0 Å². The third-order valence-electron chi connectivity index (χ3n) is 3.05. The predicted octanol–water partition coefficient (Wildman–Crippen LogP) is 0.568. The van der Waals surface area contributed by atoms with Crippen molar-refractivity contribution in [2.45, 2.75) is 26.4 Å². The number of aromatic nitrogens is 2. The topological polar surface area (TPSA) is 47.4 Å². The normalized spacial score (nSPS) is 20.6. The number of rotatable bonds is 2. The van der Waals surface area contributed by atoms with E-state index in [1.807, 2.05) is 13.8 Å². The van der Waals surface area contributed by atoms with E-state index in [2.05, 4.69) is 9.88 Å². The maximum atomic E-state index is 11.8. The van der Waals surface area contributed by atoms with Crippen molar-refractivity contribution in [2.24, 2.45) is 7.05 Å². The van der Waals surface area contributed by atoms with E-state index in [0.717, 1.165) is 31.2 Å². The highest BCUT2D eigenvalue weighted by molar-refractivity contribution is 5.33. The van der Waals surface area contributed by atoms with Gasteiger partial charge in [-0.15, -0.1) is 0 Å². The molecule has 0 N–H and O–H groups in total. The van der Waals surface area contributed by atoms with Crippen LogP contribution in [0.3, 0.4) is 0 Å². The molecule has 1 aliphatic rings. The summed E-state index contributed by atoms with van der Waals surface area (Å²) >= 11 is 0. The fraction of sp³-hybridized carbons (Fsp3) is 0.667. The number of anilines is 1. The highest BCUT2D eigenvalue weighted by Crippen LogP contribution is 2.13. The average molecular weight is 237 g/mol. The fourth-order valence-electron chi connectivity index (χ4n) is 2.04. The van der Waals surface area contributed by atoms with Gasteiger partial charge in [0.2, 0.25) is 5.95 Å². The van der Waals surface area contributed by atoms with Crippen molar-refractivity contribution in [3.8, 4) is 0 Å². The minimum absolute atomic E-state index is 0.00555. The van der Waals surface area contributed by atoms with Gasteiger partial charge in [-0.05, 0) is 13.3 Å². The van der Waals surface area contributed by atoms with Gasteiger partial charge >= 0.3 is 0 Å². The van der Waals surface area contributed by atoms with Crippen molar-refractivity contribution in [3.05, 3.63) is 22.1 Å². The molecule has 0 aromatic carbocycles. The molecule has 1 atom stereocenters. The van der Waals surface area contributed by atoms with E-state index in [9.17, 15) is 4.79 Å². The summed E-state index contributed by atoms with van der Waals surface area (Å²) in [5, 5.41) is 0. The van der Waals surface area contributed by atoms with E-state index in [4.69, 9.17) is 4.74 Å². The number of hydrogen-bond donors (Lipinski definition) is 0. The molecule has 1 aliphatic heterocycles. The van der Waals surface area contributed by atoms with Crippen LogP contribution < -0.4 is 10.5 Å². The highest BCUT2D eigenvalue weighted by Gasteiger charge is 2.20. The van der Waals surface area contributed by atoms with Crippen LogP contribution in [-0.2, 0) is 18.2 Å². The number of aryl methyl sites for hydroxylation is 1. The first kappa shape index (κ1) is 12.1. The summed E-state index contributed by atoms with van der Waals surface area (Å²) in [6.45, 7) is 6.31. The number of hydrogen-bond acceptors (Lipinski definition) is 4. The van der Waals surface area contributed by atoms with Crippen molar-refractivity contribution >= 4 is 5.95 Å². The van der Waals surface area contributed by atoms with Crippen LogP contribution in [0.4, 0.5) is 5.95 Å². The second-order valence-corrected chi connectivity index (χ2v) is 4.43. The van der Waals surface area contributed by atoms with Gasteiger partial charge in [-0.1, -0.05) is 6.92 Å². The molecule has 0 amide bonds. The molecule has 0 saturated carbocycles. The molecule has 1 aromatic heterocycles. The average Bonchev–Trinajstić information content (AvgIpc) is 2.32. The van der Waals surface area contributed by atoms with Gasteiger partial charge in [0.1, 0.15) is 0 Å². The summed E-state index contributed by atoms with van der Waals surface area (Å²) in [6, 6.07) is 1.60. The molecule has 1 saturated heterocycles. The summed E-state index contributed by atoms with van der Waals surface area (Å²) in [6.07, 6.45) is 0.967. The Hall–Kier alpha value is -1.36. The molecule has 5 heteroatoms. The van der Waals surface area contributed by atoms with Crippen LogP contribution in [0, 0.1) is 0 Å². The smallest absolute Gasteiger partial charge is 0.254 e. The molecule has 1 aromatic rings. The van der Waals surface area contributed by atoms with Gasteiger partial charge < -0.3 is 9.64 Å². The first-order chi connectivity index (χ1) is 8.11. The van der Waals surface area contributed by atoms with E-state index in [-0.39, 0.29) is 11.7 Å². The van der Waals surface area contributed by atoms with Crippen LogP contribution in [0.1, 0.15) is 19.5 Å². The van der Waals surface area contributed by atoms with Gasteiger partial charge in [0.25, 0.3) is 5.56 Å². The fourth-order valence-corrected chi connectivity index (χ4v) is 2.04. The molecule has 1 unspecified atom stereocenters. The Balaban J connectivity index is 2.36. The first-order valence-electron chi connectivity index (χ1n) is 6.05. The molecule has 17 heavy (non-hydrogen) atoms. The van der Waals surface area contributed by atoms with Crippen LogP contribution >= 0.6 is 0 Å². The zero-order chi connectivity index (χ0) is 12.4. The van der Waals surface area contributed by atoms with E-state index < -0.39 is 0 Å². The number of nitrogens with zero attached hydrogens (tertiary/aromatic N) is 3. The van der Waals surface area contributed by atoms with Crippen LogP contribution in [-0.4, -0.2) is 35.4 Å². The Labute approximate surface area is 101 Å². The lowest BCUT2D eigenvalue weighted by atomic mass is 10.3. The van der Waals surface area contributed by atoms with E-state index in [1.54, 1.807) is 17.7 Å². The van der Waals surface area contributed by atoms with Gasteiger partial charge in [0, 0.05) is 31.9 Å². The Morgan fingerprint density at radius 1 is 1.59 bits per heavy atom. The zero-order valence-corrected chi connectivity index (χ0v) is 10.6. The molecule has 2 heterocycles. The minimum atomic E-state index is 0.00555. The predicted molar refractivity (Wildman–Crippen MR) is 66.5 cm³/mol. The third-order valence-corrected chi connectivity index (χ3v) is 3.05. The van der Waals surface area contributed by atoms with Crippen molar-refractivity contribution in [2.75, 3.05) is 24.6 Å². The summed E-state index contributed by atoms with van der Waals surface area (Å²) in [5.41, 5.74) is 0.855. The standard InChI is InChI=1S/C12H19N3O2/c1-4-10-7-11(16)14(3)12(13-10)15-5-6-17-9(2)8-15/h7,9H,4-6,8H2,1-3H3. The Bertz CT molecular complexity index is 456. The van der Waals surface area contributed by atoms with E-state index in [0.29, 0.717) is 6.61 Å². The van der Waals surface area contributed by atoms with Gasteiger partial charge in [-0.3, -0.25) is 9.36 Å². The molecule has 1 fully saturated rings. The molecular formula is C12H19N3O2. The summed E-state index contributed by atoms with van der Waals surface area (Å²) < 4.78 is 7.11. The largest absolute Gasteiger partial charge is 0.375 e. The lowest BCUT2D eigenvalue weighted by Gasteiger charge is -2.32.